The van der Waals surface area contributed by atoms with E-state index in [0.29, 0.717) is 16.7 Å². The third-order valence-electron chi connectivity index (χ3n) is 3.80. The standard InChI is InChI=1S/C19H20N4O2S/c1-12-5-4-6-16(9-12)25-11-17-22-23-19(26-17)21-18(24)20-15-8-7-13(2)14(3)10-15/h4-10H,11H2,1-3H3,(H2,20,21,23,24). The maximum atomic E-state index is 12.1. The zero-order valence-electron chi connectivity index (χ0n) is 14.9. The van der Waals surface area contributed by atoms with Crippen LogP contribution in [0.4, 0.5) is 15.6 Å². The third-order valence-corrected chi connectivity index (χ3v) is 4.62. The van der Waals surface area contributed by atoms with Crippen LogP contribution in [0.2, 0.25) is 0 Å². The summed E-state index contributed by atoms with van der Waals surface area (Å²) in [4.78, 5) is 12.1. The topological polar surface area (TPSA) is 76.1 Å². The summed E-state index contributed by atoms with van der Waals surface area (Å²) in [6, 6.07) is 13.2. The lowest BCUT2D eigenvalue weighted by atomic mass is 10.1. The molecule has 2 N–H and O–H groups in total. The number of amides is 2. The molecule has 6 nitrogen and oxygen atoms in total. The van der Waals surface area contributed by atoms with E-state index < -0.39 is 0 Å². The molecule has 1 heterocycles. The molecule has 0 bridgehead atoms. The summed E-state index contributed by atoms with van der Waals surface area (Å²) in [5.41, 5.74) is 4.16. The minimum atomic E-state index is -0.351. The van der Waals surface area contributed by atoms with Crippen LogP contribution in [-0.4, -0.2) is 16.2 Å². The molecule has 0 aliphatic heterocycles. The van der Waals surface area contributed by atoms with Gasteiger partial charge in [-0.25, -0.2) is 4.79 Å². The molecule has 0 aliphatic carbocycles. The summed E-state index contributed by atoms with van der Waals surface area (Å²) in [6.45, 7) is 6.35. The number of urea groups is 1. The minimum Gasteiger partial charge on any atom is -0.486 e. The summed E-state index contributed by atoms with van der Waals surface area (Å²) in [5.74, 6) is 0.780. The Bertz CT molecular complexity index is 923. The summed E-state index contributed by atoms with van der Waals surface area (Å²) in [6.07, 6.45) is 0. The Morgan fingerprint density at radius 2 is 1.88 bits per heavy atom. The lowest BCUT2D eigenvalue weighted by Crippen LogP contribution is -2.19. The Hall–Kier alpha value is -2.93. The van der Waals surface area contributed by atoms with E-state index in [1.54, 1.807) is 0 Å². The van der Waals surface area contributed by atoms with E-state index in [-0.39, 0.29) is 6.03 Å². The normalized spacial score (nSPS) is 10.4. The number of ether oxygens (including phenoxy) is 1. The molecule has 2 aromatic carbocycles. The van der Waals surface area contributed by atoms with Gasteiger partial charge in [0, 0.05) is 5.69 Å². The fourth-order valence-electron chi connectivity index (χ4n) is 2.29. The number of benzene rings is 2. The second-order valence-corrected chi connectivity index (χ2v) is 7.05. The van der Waals surface area contributed by atoms with Gasteiger partial charge in [-0.05, 0) is 61.7 Å². The first-order chi connectivity index (χ1) is 12.5. The average molecular weight is 368 g/mol. The molecule has 26 heavy (non-hydrogen) atoms. The molecule has 0 saturated heterocycles. The van der Waals surface area contributed by atoms with Crippen LogP contribution in [0.15, 0.2) is 42.5 Å². The number of aryl methyl sites for hydroxylation is 3. The van der Waals surface area contributed by atoms with Gasteiger partial charge in [0.05, 0.1) is 0 Å². The van der Waals surface area contributed by atoms with E-state index in [4.69, 9.17) is 4.74 Å². The number of carbonyl (C=O) groups excluding carboxylic acids is 1. The highest BCUT2D eigenvalue weighted by molar-refractivity contribution is 7.15. The van der Waals surface area contributed by atoms with Crippen molar-refractivity contribution in [1.82, 2.24) is 10.2 Å². The van der Waals surface area contributed by atoms with Crippen molar-refractivity contribution in [3.63, 3.8) is 0 Å². The fraction of sp³-hybridized carbons (Fsp3) is 0.211. The lowest BCUT2D eigenvalue weighted by molar-refractivity contribution is 0.262. The Morgan fingerprint density at radius 3 is 2.65 bits per heavy atom. The zero-order valence-corrected chi connectivity index (χ0v) is 15.7. The average Bonchev–Trinajstić information content (AvgIpc) is 3.04. The molecule has 0 radical (unpaired) electrons. The van der Waals surface area contributed by atoms with Crippen LogP contribution in [0.3, 0.4) is 0 Å². The second kappa shape index (κ2) is 7.97. The van der Waals surface area contributed by atoms with Gasteiger partial charge in [0.15, 0.2) is 5.01 Å². The SMILES string of the molecule is Cc1cccc(OCc2nnc(NC(=O)Nc3ccc(C)c(C)c3)s2)c1. The van der Waals surface area contributed by atoms with Crippen molar-refractivity contribution in [3.05, 3.63) is 64.2 Å². The van der Waals surface area contributed by atoms with Crippen LogP contribution in [0, 0.1) is 20.8 Å². The van der Waals surface area contributed by atoms with Gasteiger partial charge in [0.1, 0.15) is 12.4 Å². The molecule has 0 atom stereocenters. The molecule has 0 unspecified atom stereocenters. The first-order valence-corrected chi connectivity index (χ1v) is 8.98. The van der Waals surface area contributed by atoms with Gasteiger partial charge >= 0.3 is 6.03 Å². The molecular formula is C19H20N4O2S. The van der Waals surface area contributed by atoms with Crippen LogP contribution >= 0.6 is 11.3 Å². The number of rotatable bonds is 5. The molecule has 0 aliphatic rings. The van der Waals surface area contributed by atoms with Gasteiger partial charge in [0.25, 0.3) is 0 Å². The monoisotopic (exact) mass is 368 g/mol. The predicted molar refractivity (Wildman–Crippen MR) is 104 cm³/mol. The summed E-state index contributed by atoms with van der Waals surface area (Å²) in [5, 5.41) is 14.6. The Labute approximate surface area is 156 Å². The molecule has 134 valence electrons. The first kappa shape index (κ1) is 17.9. The first-order valence-electron chi connectivity index (χ1n) is 8.17. The molecule has 1 aromatic heterocycles. The lowest BCUT2D eigenvalue weighted by Gasteiger charge is -2.07. The summed E-state index contributed by atoms with van der Waals surface area (Å²) in [7, 11) is 0. The van der Waals surface area contributed by atoms with Gasteiger partial charge in [-0.15, -0.1) is 10.2 Å². The van der Waals surface area contributed by atoms with Gasteiger partial charge in [-0.3, -0.25) is 5.32 Å². The number of nitrogens with one attached hydrogen (secondary N) is 2. The van der Waals surface area contributed by atoms with Gasteiger partial charge in [-0.1, -0.05) is 29.5 Å². The Kier molecular flexibility index (Phi) is 5.48. The van der Waals surface area contributed by atoms with Crippen molar-refractivity contribution in [2.75, 3.05) is 10.6 Å². The fourth-order valence-corrected chi connectivity index (χ4v) is 2.94. The van der Waals surface area contributed by atoms with E-state index >= 15 is 0 Å². The van der Waals surface area contributed by atoms with Gasteiger partial charge in [0.2, 0.25) is 5.13 Å². The second-order valence-electron chi connectivity index (χ2n) is 5.98. The number of hydrogen-bond donors (Lipinski definition) is 2. The third kappa shape index (κ3) is 4.80. The quantitative estimate of drug-likeness (QED) is 0.685. The van der Waals surface area contributed by atoms with Crippen LogP contribution in [0.25, 0.3) is 0 Å². The predicted octanol–water partition coefficient (Wildman–Crippen LogP) is 4.69. The van der Waals surface area contributed by atoms with Gasteiger partial charge in [-0.2, -0.15) is 0 Å². The van der Waals surface area contributed by atoms with Crippen LogP contribution in [0.5, 0.6) is 5.75 Å². The number of hydrogen-bond acceptors (Lipinski definition) is 5. The Morgan fingerprint density at radius 1 is 1.04 bits per heavy atom. The Balaban J connectivity index is 1.54. The molecule has 2 amide bonds. The van der Waals surface area contributed by atoms with Crippen molar-refractivity contribution in [2.24, 2.45) is 0 Å². The number of carbonyl (C=O) groups is 1. The molecule has 0 saturated carbocycles. The van der Waals surface area contributed by atoms with Crippen LogP contribution in [-0.2, 0) is 6.61 Å². The molecule has 3 rings (SSSR count). The smallest absolute Gasteiger partial charge is 0.325 e. The van der Waals surface area contributed by atoms with Crippen molar-refractivity contribution in [1.29, 1.82) is 0 Å². The zero-order chi connectivity index (χ0) is 18.5. The maximum absolute atomic E-state index is 12.1. The highest BCUT2D eigenvalue weighted by Crippen LogP contribution is 2.20. The molecule has 7 heteroatoms. The van der Waals surface area contributed by atoms with E-state index in [0.717, 1.165) is 22.6 Å². The highest BCUT2D eigenvalue weighted by Gasteiger charge is 2.09. The minimum absolute atomic E-state index is 0.307. The number of aromatic nitrogens is 2. The van der Waals surface area contributed by atoms with Crippen LogP contribution < -0.4 is 15.4 Å². The van der Waals surface area contributed by atoms with Crippen molar-refractivity contribution < 1.29 is 9.53 Å². The van der Waals surface area contributed by atoms with E-state index in [2.05, 4.69) is 20.8 Å². The van der Waals surface area contributed by atoms with E-state index in [9.17, 15) is 4.79 Å². The largest absolute Gasteiger partial charge is 0.486 e. The van der Waals surface area contributed by atoms with Crippen molar-refractivity contribution >= 4 is 28.2 Å². The maximum Gasteiger partial charge on any atom is 0.325 e. The molecule has 0 fully saturated rings. The number of anilines is 2. The van der Waals surface area contributed by atoms with E-state index in [1.165, 1.54) is 16.9 Å². The van der Waals surface area contributed by atoms with E-state index in [1.807, 2.05) is 63.2 Å². The summed E-state index contributed by atoms with van der Waals surface area (Å²) < 4.78 is 5.69. The molecule has 0 spiro atoms. The van der Waals surface area contributed by atoms with Crippen molar-refractivity contribution in [3.8, 4) is 5.75 Å². The highest BCUT2D eigenvalue weighted by atomic mass is 32.1. The van der Waals surface area contributed by atoms with Crippen LogP contribution in [0.1, 0.15) is 21.7 Å². The number of nitrogens with zero attached hydrogens (tertiary/aromatic N) is 2. The molecular weight excluding hydrogens is 348 g/mol. The summed E-state index contributed by atoms with van der Waals surface area (Å²) >= 11 is 1.28. The van der Waals surface area contributed by atoms with Gasteiger partial charge < -0.3 is 10.1 Å². The van der Waals surface area contributed by atoms with Crippen molar-refractivity contribution in [2.45, 2.75) is 27.4 Å². The molecule has 3 aromatic rings.